The van der Waals surface area contributed by atoms with Gasteiger partial charge in [0.15, 0.2) is 5.82 Å². The zero-order valence-corrected chi connectivity index (χ0v) is 12.2. The number of halogens is 1. The van der Waals surface area contributed by atoms with Gasteiger partial charge < -0.3 is 9.47 Å². The van der Waals surface area contributed by atoms with Gasteiger partial charge in [-0.3, -0.25) is 4.90 Å². The summed E-state index contributed by atoms with van der Waals surface area (Å²) >= 11 is 0. The highest BCUT2D eigenvalue weighted by atomic mass is 19.1. The van der Waals surface area contributed by atoms with E-state index in [4.69, 9.17) is 9.47 Å². The van der Waals surface area contributed by atoms with E-state index in [0.717, 1.165) is 64.5 Å². The van der Waals surface area contributed by atoms with Crippen LogP contribution in [0.25, 0.3) is 0 Å². The van der Waals surface area contributed by atoms with Crippen LogP contribution in [-0.4, -0.2) is 53.8 Å². The molecule has 1 saturated heterocycles. The van der Waals surface area contributed by atoms with Crippen molar-refractivity contribution in [2.75, 3.05) is 32.8 Å². The van der Waals surface area contributed by atoms with E-state index in [2.05, 4.69) is 21.4 Å². The Bertz CT molecular complexity index is 419. The van der Waals surface area contributed by atoms with Crippen molar-refractivity contribution in [1.82, 2.24) is 14.9 Å². The molecular weight excluding hydrogens is 273 g/mol. The van der Waals surface area contributed by atoms with Gasteiger partial charge in [-0.25, -0.2) is 14.4 Å². The van der Waals surface area contributed by atoms with Crippen LogP contribution in [0, 0.1) is 5.82 Å². The van der Waals surface area contributed by atoms with Crippen LogP contribution in [0.4, 0.5) is 4.39 Å². The van der Waals surface area contributed by atoms with Crippen molar-refractivity contribution in [2.45, 2.75) is 25.4 Å². The quantitative estimate of drug-likeness (QED) is 0.721. The first kappa shape index (κ1) is 15.9. The highest BCUT2D eigenvalue weighted by Gasteiger charge is 2.18. The van der Waals surface area contributed by atoms with E-state index in [9.17, 15) is 4.39 Å². The number of ether oxygens (including phenoxy) is 2. The SMILES string of the molecule is C=CCC[C@@H](CN1CCCOCC1)Oc1ncc(F)cn1. The van der Waals surface area contributed by atoms with Crippen LogP contribution in [0.5, 0.6) is 6.01 Å². The van der Waals surface area contributed by atoms with E-state index in [-0.39, 0.29) is 12.1 Å². The third kappa shape index (κ3) is 5.77. The number of hydrogen-bond acceptors (Lipinski definition) is 5. The fraction of sp³-hybridized carbons (Fsp3) is 0.600. The summed E-state index contributed by atoms with van der Waals surface area (Å²) in [5.41, 5.74) is 0. The van der Waals surface area contributed by atoms with Gasteiger partial charge in [0.25, 0.3) is 0 Å². The molecule has 1 fully saturated rings. The molecule has 1 aliphatic heterocycles. The molecule has 116 valence electrons. The predicted molar refractivity (Wildman–Crippen MR) is 77.7 cm³/mol. The Morgan fingerprint density at radius 3 is 2.95 bits per heavy atom. The summed E-state index contributed by atoms with van der Waals surface area (Å²) in [4.78, 5) is 10.0. The molecule has 0 aliphatic carbocycles. The van der Waals surface area contributed by atoms with Gasteiger partial charge >= 0.3 is 6.01 Å². The van der Waals surface area contributed by atoms with Gasteiger partial charge in [0.2, 0.25) is 0 Å². The average Bonchev–Trinajstić information content (AvgIpc) is 2.76. The molecule has 0 spiro atoms. The summed E-state index contributed by atoms with van der Waals surface area (Å²) < 4.78 is 24.1. The Morgan fingerprint density at radius 2 is 2.19 bits per heavy atom. The average molecular weight is 295 g/mol. The normalized spacial score (nSPS) is 18.0. The van der Waals surface area contributed by atoms with Crippen molar-refractivity contribution in [1.29, 1.82) is 0 Å². The first-order chi connectivity index (χ1) is 10.3. The molecule has 2 heterocycles. The van der Waals surface area contributed by atoms with Crippen LogP contribution in [0.2, 0.25) is 0 Å². The number of allylic oxidation sites excluding steroid dienone is 1. The second kappa shape index (κ2) is 8.69. The van der Waals surface area contributed by atoms with E-state index in [1.165, 1.54) is 0 Å². The number of hydrogen-bond donors (Lipinski definition) is 0. The monoisotopic (exact) mass is 295 g/mol. The molecule has 0 unspecified atom stereocenters. The number of aromatic nitrogens is 2. The van der Waals surface area contributed by atoms with E-state index < -0.39 is 5.82 Å². The number of nitrogens with zero attached hydrogens (tertiary/aromatic N) is 3. The molecule has 5 nitrogen and oxygen atoms in total. The van der Waals surface area contributed by atoms with Crippen molar-refractivity contribution in [2.24, 2.45) is 0 Å². The Hall–Kier alpha value is -1.53. The molecule has 2 rings (SSSR count). The van der Waals surface area contributed by atoms with Gasteiger partial charge in [-0.05, 0) is 19.3 Å². The van der Waals surface area contributed by atoms with E-state index >= 15 is 0 Å². The summed E-state index contributed by atoms with van der Waals surface area (Å²) in [7, 11) is 0. The van der Waals surface area contributed by atoms with E-state index in [1.54, 1.807) is 0 Å². The molecule has 0 aromatic carbocycles. The minimum Gasteiger partial charge on any atom is -0.459 e. The van der Waals surface area contributed by atoms with Crippen molar-refractivity contribution >= 4 is 0 Å². The van der Waals surface area contributed by atoms with Crippen molar-refractivity contribution in [3.05, 3.63) is 30.9 Å². The highest BCUT2D eigenvalue weighted by molar-refractivity contribution is 4.96. The van der Waals surface area contributed by atoms with Crippen LogP contribution in [0.1, 0.15) is 19.3 Å². The van der Waals surface area contributed by atoms with Crippen LogP contribution < -0.4 is 4.74 Å². The van der Waals surface area contributed by atoms with E-state index in [0.29, 0.717) is 0 Å². The lowest BCUT2D eigenvalue weighted by Gasteiger charge is -2.25. The topological polar surface area (TPSA) is 47.5 Å². The molecule has 1 aliphatic rings. The van der Waals surface area contributed by atoms with Gasteiger partial charge in [0.1, 0.15) is 6.10 Å². The standard InChI is InChI=1S/C15H22FN3O2/c1-2-3-5-14(12-19-6-4-8-20-9-7-19)21-15-17-10-13(16)11-18-15/h2,10-11,14H,1,3-9,12H2/t14-/m0/s1. The Balaban J connectivity index is 1.92. The van der Waals surface area contributed by atoms with Gasteiger partial charge in [-0.15, -0.1) is 6.58 Å². The molecule has 0 bridgehead atoms. The van der Waals surface area contributed by atoms with Gasteiger partial charge in [0, 0.05) is 26.2 Å². The summed E-state index contributed by atoms with van der Waals surface area (Å²) in [6, 6.07) is 0.219. The highest BCUT2D eigenvalue weighted by Crippen LogP contribution is 2.11. The maximum atomic E-state index is 12.8. The second-order valence-electron chi connectivity index (χ2n) is 5.06. The molecule has 6 heteroatoms. The Kier molecular flexibility index (Phi) is 6.56. The van der Waals surface area contributed by atoms with Crippen LogP contribution in [0.3, 0.4) is 0 Å². The lowest BCUT2D eigenvalue weighted by Crippen LogP contribution is -2.37. The van der Waals surface area contributed by atoms with Gasteiger partial charge in [-0.1, -0.05) is 6.08 Å². The summed E-state index contributed by atoms with van der Waals surface area (Å²) in [6.45, 7) is 8.00. The fourth-order valence-corrected chi connectivity index (χ4v) is 2.27. The fourth-order valence-electron chi connectivity index (χ4n) is 2.27. The molecule has 0 radical (unpaired) electrons. The Morgan fingerprint density at radius 1 is 1.38 bits per heavy atom. The van der Waals surface area contributed by atoms with E-state index in [1.807, 2.05) is 6.08 Å². The zero-order valence-electron chi connectivity index (χ0n) is 12.2. The van der Waals surface area contributed by atoms with Gasteiger partial charge in [0.05, 0.1) is 19.0 Å². The largest absolute Gasteiger partial charge is 0.459 e. The minimum absolute atomic E-state index is 0.0356. The molecule has 1 aromatic rings. The molecule has 1 aromatic heterocycles. The first-order valence-electron chi connectivity index (χ1n) is 7.33. The molecule has 1 atom stereocenters. The molecule has 21 heavy (non-hydrogen) atoms. The maximum Gasteiger partial charge on any atom is 0.316 e. The lowest BCUT2D eigenvalue weighted by atomic mass is 10.2. The third-order valence-electron chi connectivity index (χ3n) is 3.34. The van der Waals surface area contributed by atoms with Crippen molar-refractivity contribution < 1.29 is 13.9 Å². The third-order valence-corrected chi connectivity index (χ3v) is 3.34. The Labute approximate surface area is 124 Å². The number of rotatable bonds is 7. The van der Waals surface area contributed by atoms with Crippen molar-refractivity contribution in [3.8, 4) is 6.01 Å². The molecule has 0 saturated carbocycles. The van der Waals surface area contributed by atoms with Crippen LogP contribution >= 0.6 is 0 Å². The minimum atomic E-state index is -0.463. The van der Waals surface area contributed by atoms with Crippen molar-refractivity contribution in [3.63, 3.8) is 0 Å². The van der Waals surface area contributed by atoms with Crippen LogP contribution in [0.15, 0.2) is 25.0 Å². The lowest BCUT2D eigenvalue weighted by molar-refractivity contribution is 0.106. The predicted octanol–water partition coefficient (Wildman–Crippen LogP) is 2.05. The van der Waals surface area contributed by atoms with Gasteiger partial charge in [-0.2, -0.15) is 0 Å². The first-order valence-corrected chi connectivity index (χ1v) is 7.33. The molecule has 0 amide bonds. The summed E-state index contributed by atoms with van der Waals surface area (Å²) in [5, 5.41) is 0. The maximum absolute atomic E-state index is 12.8. The molecular formula is C15H22FN3O2. The summed E-state index contributed by atoms with van der Waals surface area (Å²) in [6.07, 6.45) is 6.79. The zero-order chi connectivity index (χ0) is 14.9. The smallest absolute Gasteiger partial charge is 0.316 e. The summed E-state index contributed by atoms with van der Waals surface area (Å²) in [5.74, 6) is -0.463. The second-order valence-corrected chi connectivity index (χ2v) is 5.06. The molecule has 0 N–H and O–H groups in total. The van der Waals surface area contributed by atoms with Crippen LogP contribution in [-0.2, 0) is 4.74 Å².